The number of amides is 2. The van der Waals surface area contributed by atoms with E-state index in [2.05, 4.69) is 10.3 Å². The van der Waals surface area contributed by atoms with E-state index in [0.717, 1.165) is 16.2 Å². The smallest absolute Gasteiger partial charge is 0.271 e. The lowest BCUT2D eigenvalue weighted by Crippen LogP contribution is -2.22. The summed E-state index contributed by atoms with van der Waals surface area (Å²) in [5.41, 5.74) is 3.61. The summed E-state index contributed by atoms with van der Waals surface area (Å²) in [5.74, 6) is -0.211. The third kappa shape index (κ3) is 3.39. The van der Waals surface area contributed by atoms with Gasteiger partial charge >= 0.3 is 0 Å². The third-order valence-electron chi connectivity index (χ3n) is 4.31. The topological polar surface area (TPSA) is 66.7 Å². The second-order valence-corrected chi connectivity index (χ2v) is 7.33. The van der Waals surface area contributed by atoms with Crippen molar-refractivity contribution >= 4 is 33.8 Å². The summed E-state index contributed by atoms with van der Waals surface area (Å²) in [4.78, 5) is 31.4. The average Bonchev–Trinajstić information content (AvgIpc) is 3.29. The van der Waals surface area contributed by atoms with Crippen molar-refractivity contribution in [2.24, 2.45) is 0 Å². The van der Waals surface area contributed by atoms with Crippen LogP contribution in [0.25, 0.3) is 16.2 Å². The van der Waals surface area contributed by atoms with Crippen LogP contribution in [0.4, 0.5) is 5.69 Å². The van der Waals surface area contributed by atoms with Gasteiger partial charge in [-0.05, 0) is 24.3 Å². The highest BCUT2D eigenvalue weighted by Crippen LogP contribution is 2.25. The number of nitrogens with one attached hydrogen (secondary N) is 1. The molecule has 140 valence electrons. The van der Waals surface area contributed by atoms with Crippen molar-refractivity contribution in [3.8, 4) is 11.3 Å². The molecule has 4 rings (SSSR count). The van der Waals surface area contributed by atoms with E-state index >= 15 is 0 Å². The van der Waals surface area contributed by atoms with Crippen LogP contribution in [0.5, 0.6) is 0 Å². The van der Waals surface area contributed by atoms with Gasteiger partial charge in [-0.25, -0.2) is 4.98 Å². The maximum atomic E-state index is 12.3. The quantitative estimate of drug-likeness (QED) is 0.572. The van der Waals surface area contributed by atoms with Gasteiger partial charge < -0.3 is 10.2 Å². The Kier molecular flexibility index (Phi) is 4.67. The van der Waals surface area contributed by atoms with Gasteiger partial charge in [0.2, 0.25) is 0 Å². The molecule has 0 aliphatic carbocycles. The van der Waals surface area contributed by atoms with E-state index in [-0.39, 0.29) is 11.8 Å². The van der Waals surface area contributed by atoms with Crippen LogP contribution in [0.2, 0.25) is 0 Å². The molecule has 2 amide bonds. The number of carbonyl (C=O) groups is 2. The minimum Gasteiger partial charge on any atom is -0.343 e. The molecule has 0 radical (unpaired) electrons. The molecule has 2 aromatic carbocycles. The molecule has 0 saturated carbocycles. The molecular formula is C21H18N4O2S. The van der Waals surface area contributed by atoms with E-state index in [9.17, 15) is 9.59 Å². The van der Waals surface area contributed by atoms with E-state index in [1.165, 1.54) is 11.3 Å². The molecule has 0 bridgehead atoms. The maximum Gasteiger partial charge on any atom is 0.271 e. The van der Waals surface area contributed by atoms with Gasteiger partial charge in [-0.3, -0.25) is 14.0 Å². The first-order valence-electron chi connectivity index (χ1n) is 8.68. The lowest BCUT2D eigenvalue weighted by molar-refractivity contribution is 0.0821. The van der Waals surface area contributed by atoms with Crippen LogP contribution in [0.3, 0.4) is 0 Å². The summed E-state index contributed by atoms with van der Waals surface area (Å²) in [6, 6.07) is 16.6. The first kappa shape index (κ1) is 17.9. The highest BCUT2D eigenvalue weighted by Gasteiger charge is 2.16. The second kappa shape index (κ2) is 7.28. The number of fused-ring (bicyclic) bond motifs is 1. The molecule has 7 heteroatoms. The van der Waals surface area contributed by atoms with Crippen LogP contribution in [-0.4, -0.2) is 40.2 Å². The molecule has 2 heterocycles. The van der Waals surface area contributed by atoms with Gasteiger partial charge in [0.25, 0.3) is 11.8 Å². The van der Waals surface area contributed by atoms with Gasteiger partial charge in [0, 0.05) is 42.5 Å². The SMILES string of the molecule is CN(C)C(=O)c1csc2nc(-c3ccc(NC(=O)c4ccccc4)cc3)cn12. The van der Waals surface area contributed by atoms with Gasteiger partial charge in [-0.15, -0.1) is 11.3 Å². The Morgan fingerprint density at radius 1 is 1.04 bits per heavy atom. The number of hydrogen-bond acceptors (Lipinski definition) is 4. The fraction of sp³-hybridized carbons (Fsp3) is 0.0952. The number of rotatable bonds is 4. The molecule has 6 nitrogen and oxygen atoms in total. The minimum atomic E-state index is -0.150. The first-order chi connectivity index (χ1) is 13.5. The third-order valence-corrected chi connectivity index (χ3v) is 5.15. The largest absolute Gasteiger partial charge is 0.343 e. The zero-order chi connectivity index (χ0) is 19.7. The van der Waals surface area contributed by atoms with Crippen molar-refractivity contribution in [1.82, 2.24) is 14.3 Å². The summed E-state index contributed by atoms with van der Waals surface area (Å²) in [6.07, 6.45) is 1.86. The molecule has 28 heavy (non-hydrogen) atoms. The van der Waals surface area contributed by atoms with Gasteiger partial charge in [0.1, 0.15) is 5.69 Å². The minimum absolute atomic E-state index is 0.0610. The number of thiazole rings is 1. The average molecular weight is 390 g/mol. The van der Waals surface area contributed by atoms with Crippen molar-refractivity contribution < 1.29 is 9.59 Å². The number of hydrogen-bond donors (Lipinski definition) is 1. The van der Waals surface area contributed by atoms with E-state index in [0.29, 0.717) is 16.9 Å². The number of anilines is 1. The van der Waals surface area contributed by atoms with E-state index < -0.39 is 0 Å². The molecule has 0 unspecified atom stereocenters. The predicted octanol–water partition coefficient (Wildman–Crippen LogP) is 4.02. The van der Waals surface area contributed by atoms with Gasteiger partial charge in [-0.2, -0.15) is 0 Å². The zero-order valence-electron chi connectivity index (χ0n) is 15.4. The number of nitrogens with zero attached hydrogens (tertiary/aromatic N) is 3. The van der Waals surface area contributed by atoms with Crippen molar-refractivity contribution in [3.63, 3.8) is 0 Å². The fourth-order valence-electron chi connectivity index (χ4n) is 2.82. The molecular weight excluding hydrogens is 372 g/mol. The number of benzene rings is 2. The molecule has 4 aromatic rings. The standard InChI is InChI=1S/C21H18N4O2S/c1-24(2)20(27)18-13-28-21-23-17(12-25(18)21)14-8-10-16(11-9-14)22-19(26)15-6-4-3-5-7-15/h3-13H,1-2H3,(H,22,26). The van der Waals surface area contributed by atoms with Crippen molar-refractivity contribution in [3.05, 3.63) is 77.4 Å². The predicted molar refractivity (Wildman–Crippen MR) is 111 cm³/mol. The zero-order valence-corrected chi connectivity index (χ0v) is 16.2. The lowest BCUT2D eigenvalue weighted by Gasteiger charge is -2.08. The number of carbonyl (C=O) groups excluding carboxylic acids is 2. The van der Waals surface area contributed by atoms with E-state index in [1.54, 1.807) is 31.1 Å². The molecule has 0 spiro atoms. The number of imidazole rings is 1. The molecule has 0 fully saturated rings. The van der Waals surface area contributed by atoms with Crippen LogP contribution < -0.4 is 5.32 Å². The van der Waals surface area contributed by atoms with Crippen LogP contribution in [0, 0.1) is 0 Å². The van der Waals surface area contributed by atoms with Gasteiger partial charge in [0.05, 0.1) is 5.69 Å². The molecule has 1 N–H and O–H groups in total. The fourth-order valence-corrected chi connectivity index (χ4v) is 3.67. The second-order valence-electron chi connectivity index (χ2n) is 6.50. The Morgan fingerprint density at radius 3 is 2.43 bits per heavy atom. The van der Waals surface area contributed by atoms with Gasteiger partial charge in [0.15, 0.2) is 4.96 Å². The molecule has 2 aromatic heterocycles. The first-order valence-corrected chi connectivity index (χ1v) is 9.56. The van der Waals surface area contributed by atoms with Crippen molar-refractivity contribution in [2.75, 3.05) is 19.4 Å². The highest BCUT2D eigenvalue weighted by molar-refractivity contribution is 7.15. The van der Waals surface area contributed by atoms with Crippen LogP contribution in [0.1, 0.15) is 20.8 Å². The normalized spacial score (nSPS) is 10.8. The Bertz CT molecular complexity index is 1140. The monoisotopic (exact) mass is 390 g/mol. The van der Waals surface area contributed by atoms with E-state index in [1.807, 2.05) is 58.4 Å². The summed E-state index contributed by atoms with van der Waals surface area (Å²) < 4.78 is 1.81. The van der Waals surface area contributed by atoms with Crippen molar-refractivity contribution in [2.45, 2.75) is 0 Å². The van der Waals surface area contributed by atoms with E-state index in [4.69, 9.17) is 0 Å². The highest BCUT2D eigenvalue weighted by atomic mass is 32.1. The Hall–Kier alpha value is -3.45. The van der Waals surface area contributed by atoms with Crippen molar-refractivity contribution in [1.29, 1.82) is 0 Å². The van der Waals surface area contributed by atoms with Crippen LogP contribution in [-0.2, 0) is 0 Å². The molecule has 0 atom stereocenters. The lowest BCUT2D eigenvalue weighted by atomic mass is 10.1. The van der Waals surface area contributed by atoms with Gasteiger partial charge in [-0.1, -0.05) is 30.3 Å². The summed E-state index contributed by atoms with van der Waals surface area (Å²) >= 11 is 1.43. The Balaban J connectivity index is 1.55. The summed E-state index contributed by atoms with van der Waals surface area (Å²) in [6.45, 7) is 0. The maximum absolute atomic E-state index is 12.3. The Labute approximate surface area is 166 Å². The van der Waals surface area contributed by atoms with Crippen LogP contribution >= 0.6 is 11.3 Å². The molecule has 0 aliphatic rings. The molecule has 0 aliphatic heterocycles. The summed E-state index contributed by atoms with van der Waals surface area (Å²) in [5, 5.41) is 4.70. The van der Waals surface area contributed by atoms with Crippen LogP contribution in [0.15, 0.2) is 66.2 Å². The summed E-state index contributed by atoms with van der Waals surface area (Å²) in [7, 11) is 3.46. The number of aromatic nitrogens is 2. The molecule has 0 saturated heterocycles. The Morgan fingerprint density at radius 2 is 1.75 bits per heavy atom.